The Morgan fingerprint density at radius 1 is 1.20 bits per heavy atom. The predicted molar refractivity (Wildman–Crippen MR) is 139 cm³/mol. The number of nitrogens with zero attached hydrogens (tertiary/aromatic N) is 2. The number of benzene rings is 1. The zero-order valence-corrected chi connectivity index (χ0v) is 23.0. The standard InChI is InChI=1S/C22H19ClF4N6O6S2/c1-2-16(30-19-14(23)8-12(9-28-19)22(25,26)27)21(35)31-32-41(38,39)18-6-4-13(40-18)10-29-20(34)11-3-5-15(24)17(7-11)33(36)37/h3-9,16,32H,2,10H2,1H3,(H,28,30)(H,29,34)(H,31,35). The molecule has 0 saturated heterocycles. The lowest BCUT2D eigenvalue weighted by molar-refractivity contribution is -0.387. The number of amides is 2. The van der Waals surface area contributed by atoms with Gasteiger partial charge in [-0.2, -0.15) is 17.6 Å². The second kappa shape index (κ2) is 12.8. The molecule has 1 aromatic carbocycles. The number of hydrogen-bond donors (Lipinski definition) is 4. The maximum Gasteiger partial charge on any atom is 0.417 e. The fourth-order valence-electron chi connectivity index (χ4n) is 3.13. The van der Waals surface area contributed by atoms with E-state index in [0.717, 1.165) is 29.5 Å². The van der Waals surface area contributed by atoms with Crippen LogP contribution in [0.4, 0.5) is 29.1 Å². The van der Waals surface area contributed by atoms with Gasteiger partial charge in [0.15, 0.2) is 0 Å². The average molecular weight is 639 g/mol. The summed E-state index contributed by atoms with van der Waals surface area (Å²) in [6.45, 7) is 1.38. The van der Waals surface area contributed by atoms with Crippen LogP contribution in [-0.2, 0) is 27.5 Å². The Kier molecular flexibility index (Phi) is 9.85. The number of sulfonamides is 1. The Hall–Kier alpha value is -3.87. The molecule has 0 aliphatic rings. The lowest BCUT2D eigenvalue weighted by atomic mass is 10.2. The molecule has 2 amide bonds. The molecule has 0 aliphatic heterocycles. The van der Waals surface area contributed by atoms with Gasteiger partial charge in [-0.3, -0.25) is 25.1 Å². The highest BCUT2D eigenvalue weighted by molar-refractivity contribution is 7.91. The number of anilines is 1. The summed E-state index contributed by atoms with van der Waals surface area (Å²) in [4.78, 5) is 40.6. The Balaban J connectivity index is 1.59. The minimum absolute atomic E-state index is 0.0760. The lowest BCUT2D eigenvalue weighted by Crippen LogP contribution is -2.48. The van der Waals surface area contributed by atoms with E-state index in [9.17, 15) is 45.7 Å². The van der Waals surface area contributed by atoms with E-state index in [2.05, 4.69) is 15.6 Å². The predicted octanol–water partition coefficient (Wildman–Crippen LogP) is 3.99. The summed E-state index contributed by atoms with van der Waals surface area (Å²) in [6, 6.07) is 4.67. The number of hydrazine groups is 1. The molecular weight excluding hydrogens is 620 g/mol. The van der Waals surface area contributed by atoms with Crippen LogP contribution in [0.15, 0.2) is 46.8 Å². The van der Waals surface area contributed by atoms with Gasteiger partial charge in [-0.15, -0.1) is 16.2 Å². The molecule has 3 rings (SSSR count). The van der Waals surface area contributed by atoms with Crippen LogP contribution >= 0.6 is 22.9 Å². The van der Waals surface area contributed by atoms with Crippen molar-refractivity contribution in [1.29, 1.82) is 0 Å². The van der Waals surface area contributed by atoms with Gasteiger partial charge in [-0.25, -0.2) is 13.4 Å². The number of carbonyl (C=O) groups is 2. The van der Waals surface area contributed by atoms with Crippen molar-refractivity contribution in [3.05, 3.63) is 79.6 Å². The minimum atomic E-state index is -4.67. The number of carbonyl (C=O) groups excluding carboxylic acids is 2. The van der Waals surface area contributed by atoms with E-state index in [0.29, 0.717) is 17.1 Å². The van der Waals surface area contributed by atoms with Crippen molar-refractivity contribution in [2.45, 2.75) is 36.3 Å². The van der Waals surface area contributed by atoms with Gasteiger partial charge >= 0.3 is 11.9 Å². The smallest absolute Gasteiger partial charge is 0.357 e. The number of rotatable bonds is 11. The molecule has 2 heterocycles. The van der Waals surface area contributed by atoms with Gasteiger partial charge in [0.2, 0.25) is 5.82 Å². The van der Waals surface area contributed by atoms with Crippen LogP contribution in [0.25, 0.3) is 0 Å². The highest BCUT2D eigenvalue weighted by atomic mass is 35.5. The summed E-state index contributed by atoms with van der Waals surface area (Å²) in [5, 5.41) is 15.4. The number of nitrogens with one attached hydrogen (secondary N) is 4. The second-order valence-corrected chi connectivity index (χ2v) is 11.6. The summed E-state index contributed by atoms with van der Waals surface area (Å²) in [5.41, 5.74) is -0.143. The van der Waals surface area contributed by atoms with E-state index >= 15 is 0 Å². The van der Waals surface area contributed by atoms with E-state index < -0.39 is 61.1 Å². The second-order valence-electron chi connectivity index (χ2n) is 8.08. The molecule has 0 radical (unpaired) electrons. The molecule has 1 atom stereocenters. The average Bonchev–Trinajstić information content (AvgIpc) is 3.39. The number of alkyl halides is 3. The van der Waals surface area contributed by atoms with Gasteiger partial charge in [0.05, 0.1) is 22.1 Å². The molecule has 12 nitrogen and oxygen atoms in total. The van der Waals surface area contributed by atoms with Gasteiger partial charge in [0.1, 0.15) is 16.1 Å². The molecule has 0 bridgehead atoms. The van der Waals surface area contributed by atoms with Gasteiger partial charge in [0, 0.05) is 22.7 Å². The molecule has 0 saturated carbocycles. The van der Waals surface area contributed by atoms with Crippen molar-refractivity contribution >= 4 is 56.3 Å². The Labute approximate surface area is 238 Å². The number of thiophene rings is 1. The zero-order valence-electron chi connectivity index (χ0n) is 20.6. The molecule has 1 unspecified atom stereocenters. The Bertz CT molecular complexity index is 1580. The van der Waals surface area contributed by atoms with Crippen LogP contribution in [0.2, 0.25) is 5.02 Å². The first-order chi connectivity index (χ1) is 19.1. The highest BCUT2D eigenvalue weighted by Gasteiger charge is 2.32. The van der Waals surface area contributed by atoms with Crippen molar-refractivity contribution in [1.82, 2.24) is 20.6 Å². The zero-order chi connectivity index (χ0) is 30.5. The first kappa shape index (κ1) is 31.7. The van der Waals surface area contributed by atoms with Gasteiger partial charge in [-0.05, 0) is 36.8 Å². The fourth-order valence-corrected chi connectivity index (χ4v) is 5.50. The summed E-state index contributed by atoms with van der Waals surface area (Å²) >= 11 is 6.59. The van der Waals surface area contributed by atoms with E-state index in [1.54, 1.807) is 6.92 Å². The number of nitro benzene ring substituents is 1. The van der Waals surface area contributed by atoms with Crippen LogP contribution in [0.5, 0.6) is 0 Å². The highest BCUT2D eigenvalue weighted by Crippen LogP contribution is 2.32. The SMILES string of the molecule is CCC(Nc1ncc(C(F)(F)F)cc1Cl)C(=O)NNS(=O)(=O)c1ccc(CNC(=O)c2ccc(F)c([N+](=O)[O-])c2)s1. The molecular formula is C22H19ClF4N6O6S2. The van der Waals surface area contributed by atoms with Crippen LogP contribution in [0.1, 0.15) is 34.1 Å². The number of aromatic nitrogens is 1. The maximum absolute atomic E-state index is 13.5. The van der Waals surface area contributed by atoms with Crippen LogP contribution < -0.4 is 20.9 Å². The summed E-state index contributed by atoms with van der Waals surface area (Å²) < 4.78 is 76.9. The minimum Gasteiger partial charge on any atom is -0.357 e. The largest absolute Gasteiger partial charge is 0.417 e. The van der Waals surface area contributed by atoms with E-state index in [-0.39, 0.29) is 28.6 Å². The molecule has 3 aromatic rings. The van der Waals surface area contributed by atoms with Gasteiger partial charge in [-0.1, -0.05) is 18.5 Å². The van der Waals surface area contributed by atoms with E-state index in [4.69, 9.17) is 11.6 Å². The molecule has 0 fully saturated rings. The molecule has 41 heavy (non-hydrogen) atoms. The van der Waals surface area contributed by atoms with Gasteiger partial charge < -0.3 is 10.6 Å². The van der Waals surface area contributed by atoms with Gasteiger partial charge in [0.25, 0.3) is 21.8 Å². The first-order valence-electron chi connectivity index (χ1n) is 11.2. The topological polar surface area (TPSA) is 172 Å². The Morgan fingerprint density at radius 3 is 2.51 bits per heavy atom. The summed E-state index contributed by atoms with van der Waals surface area (Å²) in [7, 11) is -4.28. The van der Waals surface area contributed by atoms with Crippen molar-refractivity contribution < 1.29 is 40.5 Å². The third-order valence-electron chi connectivity index (χ3n) is 5.24. The number of nitro groups is 1. The summed E-state index contributed by atoms with van der Waals surface area (Å²) in [5.74, 6) is -2.98. The third-order valence-corrected chi connectivity index (χ3v) is 8.36. The van der Waals surface area contributed by atoms with Crippen molar-refractivity contribution in [3.8, 4) is 0 Å². The quantitative estimate of drug-likeness (QED) is 0.139. The van der Waals surface area contributed by atoms with Crippen molar-refractivity contribution in [2.75, 3.05) is 5.32 Å². The van der Waals surface area contributed by atoms with E-state index in [1.165, 1.54) is 12.1 Å². The molecule has 4 N–H and O–H groups in total. The Morgan fingerprint density at radius 2 is 1.90 bits per heavy atom. The summed E-state index contributed by atoms with van der Waals surface area (Å²) in [6.07, 6.45) is -4.07. The van der Waals surface area contributed by atoms with Crippen molar-refractivity contribution in [2.24, 2.45) is 0 Å². The molecule has 220 valence electrons. The molecule has 2 aromatic heterocycles. The number of pyridine rings is 1. The van der Waals surface area contributed by atoms with Crippen molar-refractivity contribution in [3.63, 3.8) is 0 Å². The number of hydrogen-bond acceptors (Lipinski definition) is 9. The lowest BCUT2D eigenvalue weighted by Gasteiger charge is -2.18. The van der Waals surface area contributed by atoms with E-state index in [1.807, 2.05) is 10.3 Å². The third kappa shape index (κ3) is 8.09. The monoisotopic (exact) mass is 638 g/mol. The maximum atomic E-state index is 13.5. The molecule has 0 aliphatic carbocycles. The molecule has 19 heteroatoms. The van der Waals surface area contributed by atoms with Crippen LogP contribution in [0.3, 0.4) is 0 Å². The van der Waals surface area contributed by atoms with Crippen LogP contribution in [0, 0.1) is 15.9 Å². The first-order valence-corrected chi connectivity index (χ1v) is 13.9. The molecule has 0 spiro atoms. The van der Waals surface area contributed by atoms with Crippen LogP contribution in [-0.4, -0.2) is 36.2 Å². The number of halogens is 5. The normalized spacial score (nSPS) is 12.4. The fraction of sp³-hybridized carbons (Fsp3) is 0.227.